The topological polar surface area (TPSA) is 49.4 Å². The molecule has 1 aromatic carbocycles. The van der Waals surface area contributed by atoms with Crippen molar-refractivity contribution in [3.05, 3.63) is 35.4 Å². The lowest BCUT2D eigenvalue weighted by Gasteiger charge is -2.18. The highest BCUT2D eigenvalue weighted by Crippen LogP contribution is 2.23. The van der Waals surface area contributed by atoms with Gasteiger partial charge in [-0.3, -0.25) is 9.59 Å². The first-order chi connectivity index (χ1) is 10.6. The minimum atomic E-state index is -0.182. The zero-order valence-electron chi connectivity index (χ0n) is 13.2. The predicted molar refractivity (Wildman–Crippen MR) is 85.1 cm³/mol. The fraction of sp³-hybridized carbons (Fsp3) is 0.556. The van der Waals surface area contributed by atoms with Crippen LogP contribution in [0.4, 0.5) is 0 Å². The summed E-state index contributed by atoms with van der Waals surface area (Å²) in [5.41, 5.74) is 2.33. The number of carbonyl (C=O) groups excluding carboxylic acids is 2. The van der Waals surface area contributed by atoms with E-state index < -0.39 is 0 Å². The Kier molecular flexibility index (Phi) is 4.46. The van der Waals surface area contributed by atoms with Gasteiger partial charge >= 0.3 is 0 Å². The van der Waals surface area contributed by atoms with E-state index in [9.17, 15) is 9.59 Å². The molecule has 3 rings (SSSR count). The number of hydrogen-bond donors (Lipinski definition) is 1. The Morgan fingerprint density at radius 3 is 2.59 bits per heavy atom. The Bertz CT molecular complexity index is 547. The van der Waals surface area contributed by atoms with Gasteiger partial charge in [-0.2, -0.15) is 0 Å². The van der Waals surface area contributed by atoms with Crippen LogP contribution >= 0.6 is 0 Å². The molecule has 1 aliphatic heterocycles. The maximum atomic E-state index is 12.3. The maximum Gasteiger partial charge on any atom is 0.225 e. The summed E-state index contributed by atoms with van der Waals surface area (Å²) in [6.07, 6.45) is 4.92. The molecule has 2 amide bonds. The molecule has 1 N–H and O–H groups in total. The highest BCUT2D eigenvalue weighted by atomic mass is 16.2. The average Bonchev–Trinajstić information content (AvgIpc) is 3.12. The lowest BCUT2D eigenvalue weighted by Crippen LogP contribution is -2.38. The second-order valence-electron chi connectivity index (χ2n) is 6.65. The van der Waals surface area contributed by atoms with Gasteiger partial charge in [-0.25, -0.2) is 0 Å². The monoisotopic (exact) mass is 300 g/mol. The van der Waals surface area contributed by atoms with Crippen LogP contribution in [0.1, 0.15) is 43.2 Å². The van der Waals surface area contributed by atoms with Crippen LogP contribution in [0, 0.1) is 12.8 Å². The Labute approximate surface area is 131 Å². The van der Waals surface area contributed by atoms with Gasteiger partial charge in [0.15, 0.2) is 0 Å². The summed E-state index contributed by atoms with van der Waals surface area (Å²) in [7, 11) is 0. The van der Waals surface area contributed by atoms with E-state index in [1.165, 1.54) is 18.4 Å². The molecule has 0 aromatic heterocycles. The van der Waals surface area contributed by atoms with Gasteiger partial charge in [-0.1, -0.05) is 42.7 Å². The van der Waals surface area contributed by atoms with Crippen LogP contribution in [0.2, 0.25) is 0 Å². The van der Waals surface area contributed by atoms with Crippen molar-refractivity contribution in [3.8, 4) is 0 Å². The number of amides is 2. The fourth-order valence-corrected chi connectivity index (χ4v) is 3.40. The van der Waals surface area contributed by atoms with Gasteiger partial charge in [0.1, 0.15) is 0 Å². The Morgan fingerprint density at radius 2 is 1.91 bits per heavy atom. The van der Waals surface area contributed by atoms with Gasteiger partial charge in [-0.05, 0) is 25.3 Å². The first-order valence-corrected chi connectivity index (χ1v) is 8.25. The normalized spacial score (nSPS) is 22.3. The third-order valence-corrected chi connectivity index (χ3v) is 4.78. The predicted octanol–water partition coefficient (Wildman–Crippen LogP) is 2.40. The number of likely N-dealkylation sites (tertiary alicyclic amines) is 1. The molecule has 0 bridgehead atoms. The first kappa shape index (κ1) is 15.1. The van der Waals surface area contributed by atoms with Crippen LogP contribution in [-0.2, 0) is 16.1 Å². The number of hydrogen-bond acceptors (Lipinski definition) is 2. The van der Waals surface area contributed by atoms with Crippen molar-refractivity contribution in [1.82, 2.24) is 10.2 Å². The second-order valence-corrected chi connectivity index (χ2v) is 6.65. The van der Waals surface area contributed by atoms with E-state index in [-0.39, 0.29) is 17.7 Å². The summed E-state index contributed by atoms with van der Waals surface area (Å²) in [5.74, 6) is -0.0302. The number of rotatable bonds is 4. The van der Waals surface area contributed by atoms with Gasteiger partial charge in [0.05, 0.1) is 5.92 Å². The van der Waals surface area contributed by atoms with Crippen molar-refractivity contribution in [2.75, 3.05) is 6.54 Å². The third kappa shape index (κ3) is 3.49. The lowest BCUT2D eigenvalue weighted by atomic mass is 10.1. The van der Waals surface area contributed by atoms with Gasteiger partial charge in [0.25, 0.3) is 0 Å². The molecule has 1 heterocycles. The molecule has 2 aliphatic rings. The number of aryl methyl sites for hydroxylation is 1. The zero-order valence-corrected chi connectivity index (χ0v) is 13.2. The van der Waals surface area contributed by atoms with Crippen molar-refractivity contribution < 1.29 is 9.59 Å². The van der Waals surface area contributed by atoms with E-state index in [2.05, 4.69) is 29.6 Å². The van der Waals surface area contributed by atoms with Crippen molar-refractivity contribution in [3.63, 3.8) is 0 Å². The van der Waals surface area contributed by atoms with E-state index in [0.29, 0.717) is 25.6 Å². The van der Waals surface area contributed by atoms with Crippen molar-refractivity contribution in [2.45, 2.75) is 51.6 Å². The molecule has 0 unspecified atom stereocenters. The summed E-state index contributed by atoms with van der Waals surface area (Å²) in [4.78, 5) is 26.3. The molecule has 1 atom stereocenters. The Hall–Kier alpha value is -1.84. The summed E-state index contributed by atoms with van der Waals surface area (Å²) in [5, 5.41) is 3.12. The van der Waals surface area contributed by atoms with E-state index >= 15 is 0 Å². The molecule has 0 spiro atoms. The first-order valence-electron chi connectivity index (χ1n) is 8.25. The molecule has 4 heteroatoms. The van der Waals surface area contributed by atoms with E-state index in [4.69, 9.17) is 0 Å². The van der Waals surface area contributed by atoms with Crippen LogP contribution in [0.3, 0.4) is 0 Å². The van der Waals surface area contributed by atoms with Gasteiger partial charge in [0.2, 0.25) is 11.8 Å². The molecule has 4 nitrogen and oxygen atoms in total. The summed E-state index contributed by atoms with van der Waals surface area (Å²) in [6, 6.07) is 8.54. The van der Waals surface area contributed by atoms with Crippen LogP contribution in [0.5, 0.6) is 0 Å². The second kappa shape index (κ2) is 6.51. The molecule has 118 valence electrons. The summed E-state index contributed by atoms with van der Waals surface area (Å²) >= 11 is 0. The highest BCUT2D eigenvalue weighted by molar-refractivity contribution is 5.89. The Balaban J connectivity index is 1.55. The third-order valence-electron chi connectivity index (χ3n) is 4.78. The number of benzene rings is 1. The standard InChI is InChI=1S/C18H24N2O2/c1-13-6-8-14(9-7-13)11-20-12-15(10-17(20)21)18(22)19-16-4-2-3-5-16/h6-9,15-16H,2-5,10-12H2,1H3,(H,19,22)/t15-/m1/s1. The maximum absolute atomic E-state index is 12.3. The van der Waals surface area contributed by atoms with Gasteiger partial charge in [-0.15, -0.1) is 0 Å². The van der Waals surface area contributed by atoms with Gasteiger partial charge in [0, 0.05) is 25.6 Å². The van der Waals surface area contributed by atoms with Crippen LogP contribution in [0.15, 0.2) is 24.3 Å². The van der Waals surface area contributed by atoms with Crippen LogP contribution in [-0.4, -0.2) is 29.3 Å². The molecule has 1 saturated carbocycles. The molecule has 0 radical (unpaired) electrons. The number of carbonyl (C=O) groups is 2. The Morgan fingerprint density at radius 1 is 1.23 bits per heavy atom. The largest absolute Gasteiger partial charge is 0.353 e. The molecule has 22 heavy (non-hydrogen) atoms. The van der Waals surface area contributed by atoms with Crippen molar-refractivity contribution in [1.29, 1.82) is 0 Å². The van der Waals surface area contributed by atoms with Crippen molar-refractivity contribution >= 4 is 11.8 Å². The molecular weight excluding hydrogens is 276 g/mol. The van der Waals surface area contributed by atoms with E-state index in [1.54, 1.807) is 0 Å². The zero-order chi connectivity index (χ0) is 15.5. The summed E-state index contributed by atoms with van der Waals surface area (Å²) in [6.45, 7) is 3.20. The van der Waals surface area contributed by atoms with Gasteiger partial charge < -0.3 is 10.2 Å². The highest BCUT2D eigenvalue weighted by Gasteiger charge is 2.35. The average molecular weight is 300 g/mol. The molecule has 1 saturated heterocycles. The number of nitrogens with zero attached hydrogens (tertiary/aromatic N) is 1. The fourth-order valence-electron chi connectivity index (χ4n) is 3.40. The van der Waals surface area contributed by atoms with E-state index in [0.717, 1.165) is 18.4 Å². The molecule has 1 aromatic rings. The molecular formula is C18H24N2O2. The number of nitrogens with one attached hydrogen (secondary N) is 1. The molecule has 1 aliphatic carbocycles. The van der Waals surface area contributed by atoms with E-state index in [1.807, 2.05) is 11.8 Å². The minimum absolute atomic E-state index is 0.0617. The minimum Gasteiger partial charge on any atom is -0.353 e. The quantitative estimate of drug-likeness (QED) is 0.928. The summed E-state index contributed by atoms with van der Waals surface area (Å²) < 4.78 is 0. The molecule has 2 fully saturated rings. The SMILES string of the molecule is Cc1ccc(CN2C[C@H](C(=O)NC3CCCC3)CC2=O)cc1. The van der Waals surface area contributed by atoms with Crippen LogP contribution < -0.4 is 5.32 Å². The van der Waals surface area contributed by atoms with Crippen LogP contribution in [0.25, 0.3) is 0 Å². The lowest BCUT2D eigenvalue weighted by molar-refractivity contribution is -0.129. The van der Waals surface area contributed by atoms with Crippen molar-refractivity contribution in [2.24, 2.45) is 5.92 Å². The smallest absolute Gasteiger partial charge is 0.225 e.